The second kappa shape index (κ2) is 7.79. The Bertz CT molecular complexity index is 1200. The zero-order chi connectivity index (χ0) is 22.1. The van der Waals surface area contributed by atoms with E-state index in [-0.39, 0.29) is 22.6 Å². The van der Waals surface area contributed by atoms with Crippen molar-refractivity contribution < 1.29 is 29.7 Å². The lowest BCUT2D eigenvalue weighted by Crippen LogP contribution is -2.29. The lowest BCUT2D eigenvalue weighted by Gasteiger charge is -2.25. The number of rotatable bonds is 4. The van der Waals surface area contributed by atoms with Gasteiger partial charge in [-0.2, -0.15) is 0 Å². The van der Waals surface area contributed by atoms with Crippen LogP contribution in [0, 0.1) is 0 Å². The predicted molar refractivity (Wildman–Crippen MR) is 113 cm³/mol. The summed E-state index contributed by atoms with van der Waals surface area (Å²) in [5, 5.41) is 29.7. The van der Waals surface area contributed by atoms with Crippen LogP contribution >= 0.6 is 0 Å². The van der Waals surface area contributed by atoms with Crippen molar-refractivity contribution in [3.63, 3.8) is 0 Å². The van der Waals surface area contributed by atoms with E-state index in [2.05, 4.69) is 0 Å². The highest BCUT2D eigenvalue weighted by molar-refractivity contribution is 6.51. The second-order valence-corrected chi connectivity index (χ2v) is 6.98. The molecule has 0 aromatic heterocycles. The van der Waals surface area contributed by atoms with Crippen LogP contribution in [-0.2, 0) is 9.59 Å². The van der Waals surface area contributed by atoms with Crippen LogP contribution < -0.4 is 4.90 Å². The smallest absolute Gasteiger partial charge is 0.335 e. The third kappa shape index (κ3) is 3.53. The topological polar surface area (TPSA) is 115 Å². The third-order valence-corrected chi connectivity index (χ3v) is 5.09. The quantitative estimate of drug-likeness (QED) is 0.340. The fourth-order valence-corrected chi connectivity index (χ4v) is 3.59. The summed E-state index contributed by atoms with van der Waals surface area (Å²) in [6.45, 7) is 0. The average Bonchev–Trinajstić information content (AvgIpc) is 3.05. The van der Waals surface area contributed by atoms with Crippen molar-refractivity contribution in [3.8, 4) is 5.75 Å². The number of nitrogens with zero attached hydrogens (tertiary/aromatic N) is 1. The average molecular weight is 415 g/mol. The molecule has 7 nitrogen and oxygen atoms in total. The van der Waals surface area contributed by atoms with Gasteiger partial charge in [0, 0.05) is 11.3 Å². The molecular weight excluding hydrogens is 398 g/mol. The van der Waals surface area contributed by atoms with Crippen LogP contribution in [0.3, 0.4) is 0 Å². The van der Waals surface area contributed by atoms with Crippen LogP contribution in [0.15, 0.2) is 84.4 Å². The summed E-state index contributed by atoms with van der Waals surface area (Å²) in [6.07, 6.45) is 0. The van der Waals surface area contributed by atoms with E-state index in [1.165, 1.54) is 53.4 Å². The number of amides is 1. The standard InChI is InChI=1S/C24H17NO6/c26-18-12-10-17(11-13-18)25-20(14-6-8-16(9-7-14)24(30)31)19(22(28)23(25)29)21(27)15-4-2-1-3-5-15/h1-13,20,26-27H,(H,30,31)/b21-19+. The lowest BCUT2D eigenvalue weighted by atomic mass is 9.94. The Morgan fingerprint density at radius 1 is 0.774 bits per heavy atom. The van der Waals surface area contributed by atoms with Crippen molar-refractivity contribution in [2.75, 3.05) is 4.90 Å². The molecule has 1 amide bonds. The molecule has 1 atom stereocenters. The summed E-state index contributed by atoms with van der Waals surface area (Å²) in [4.78, 5) is 38.4. The molecule has 1 heterocycles. The largest absolute Gasteiger partial charge is 0.508 e. The fourth-order valence-electron chi connectivity index (χ4n) is 3.59. The SMILES string of the molecule is O=C1C(=O)N(c2ccc(O)cc2)C(c2ccc(C(=O)O)cc2)/C1=C(\O)c1ccccc1. The minimum absolute atomic E-state index is 0.00742. The predicted octanol–water partition coefficient (Wildman–Crippen LogP) is 3.72. The molecule has 1 aliphatic heterocycles. The number of hydrogen-bond acceptors (Lipinski definition) is 5. The van der Waals surface area contributed by atoms with Gasteiger partial charge in [0.15, 0.2) is 0 Å². The minimum Gasteiger partial charge on any atom is -0.508 e. The van der Waals surface area contributed by atoms with Crippen LogP contribution in [0.4, 0.5) is 5.69 Å². The van der Waals surface area contributed by atoms with Crippen LogP contribution in [0.1, 0.15) is 27.5 Å². The van der Waals surface area contributed by atoms with Crippen LogP contribution in [0.5, 0.6) is 5.75 Å². The van der Waals surface area contributed by atoms with E-state index >= 15 is 0 Å². The molecule has 1 unspecified atom stereocenters. The maximum atomic E-state index is 13.0. The van der Waals surface area contributed by atoms with Crippen LogP contribution in [0.2, 0.25) is 0 Å². The first-order chi connectivity index (χ1) is 14.9. The Kier molecular flexibility index (Phi) is 5.00. The summed E-state index contributed by atoms with van der Waals surface area (Å²) >= 11 is 0. The highest BCUT2D eigenvalue weighted by Crippen LogP contribution is 2.42. The number of ketones is 1. The molecule has 0 aliphatic carbocycles. The Morgan fingerprint density at radius 2 is 1.39 bits per heavy atom. The summed E-state index contributed by atoms with van der Waals surface area (Å²) < 4.78 is 0. The number of anilines is 1. The Balaban J connectivity index is 1.93. The van der Waals surface area contributed by atoms with E-state index in [0.717, 1.165) is 0 Å². The number of Topliss-reactive ketones (excluding diaryl/α,β-unsaturated/α-hetero) is 1. The number of phenols is 1. The number of benzene rings is 3. The van der Waals surface area contributed by atoms with E-state index in [1.807, 2.05) is 0 Å². The van der Waals surface area contributed by atoms with Crippen LogP contribution in [-0.4, -0.2) is 33.0 Å². The Morgan fingerprint density at radius 3 is 1.97 bits per heavy atom. The van der Waals surface area contributed by atoms with Gasteiger partial charge in [0.1, 0.15) is 11.5 Å². The van der Waals surface area contributed by atoms with Gasteiger partial charge in [-0.1, -0.05) is 42.5 Å². The van der Waals surface area contributed by atoms with Crippen molar-refractivity contribution in [2.24, 2.45) is 0 Å². The first-order valence-corrected chi connectivity index (χ1v) is 9.37. The van der Waals surface area contributed by atoms with Gasteiger partial charge >= 0.3 is 5.97 Å². The normalized spacial score (nSPS) is 17.7. The fraction of sp³-hybridized carbons (Fsp3) is 0.0417. The van der Waals surface area contributed by atoms with Gasteiger partial charge in [-0.05, 0) is 42.0 Å². The summed E-state index contributed by atoms with van der Waals surface area (Å²) in [6, 6.07) is 18.9. The zero-order valence-electron chi connectivity index (χ0n) is 16.1. The Hall–Kier alpha value is -4.39. The van der Waals surface area contributed by atoms with Crippen molar-refractivity contribution in [1.29, 1.82) is 0 Å². The van der Waals surface area contributed by atoms with E-state index in [0.29, 0.717) is 16.8 Å². The molecule has 1 fully saturated rings. The summed E-state index contributed by atoms with van der Waals surface area (Å²) in [5.41, 5.74) is 1.12. The van der Waals surface area contributed by atoms with E-state index in [4.69, 9.17) is 0 Å². The number of aromatic carboxylic acids is 1. The third-order valence-electron chi connectivity index (χ3n) is 5.09. The van der Waals surface area contributed by atoms with Crippen molar-refractivity contribution in [1.82, 2.24) is 0 Å². The van der Waals surface area contributed by atoms with Crippen molar-refractivity contribution in [3.05, 3.63) is 101 Å². The molecule has 0 bridgehead atoms. The first-order valence-electron chi connectivity index (χ1n) is 9.37. The second-order valence-electron chi connectivity index (χ2n) is 6.98. The van der Waals surface area contributed by atoms with Crippen LogP contribution in [0.25, 0.3) is 5.76 Å². The van der Waals surface area contributed by atoms with E-state index < -0.39 is 23.7 Å². The van der Waals surface area contributed by atoms with Crippen molar-refractivity contribution in [2.45, 2.75) is 6.04 Å². The van der Waals surface area contributed by atoms with Crippen molar-refractivity contribution >= 4 is 29.1 Å². The molecule has 3 aromatic rings. The molecule has 1 saturated heterocycles. The molecule has 7 heteroatoms. The number of aliphatic hydroxyl groups is 1. The van der Waals surface area contributed by atoms with Gasteiger partial charge < -0.3 is 15.3 Å². The minimum atomic E-state index is -1.11. The monoisotopic (exact) mass is 415 g/mol. The lowest BCUT2D eigenvalue weighted by molar-refractivity contribution is -0.132. The maximum Gasteiger partial charge on any atom is 0.335 e. The molecular formula is C24H17NO6. The molecule has 0 radical (unpaired) electrons. The number of carboxylic acid groups (broad SMARTS) is 1. The molecule has 3 aromatic carbocycles. The van der Waals surface area contributed by atoms with Gasteiger partial charge in [0.05, 0.1) is 17.2 Å². The van der Waals surface area contributed by atoms with E-state index in [9.17, 15) is 29.7 Å². The number of aliphatic hydroxyl groups excluding tert-OH is 1. The molecule has 0 saturated carbocycles. The molecule has 154 valence electrons. The number of hydrogen-bond donors (Lipinski definition) is 3. The maximum absolute atomic E-state index is 13.0. The number of carbonyl (C=O) groups excluding carboxylic acids is 2. The highest BCUT2D eigenvalue weighted by Gasteiger charge is 2.46. The molecule has 3 N–H and O–H groups in total. The number of carboxylic acids is 1. The molecule has 4 rings (SSSR count). The number of carbonyl (C=O) groups is 3. The van der Waals surface area contributed by atoms with Gasteiger partial charge in [0.25, 0.3) is 11.7 Å². The van der Waals surface area contributed by atoms with Gasteiger partial charge in [-0.15, -0.1) is 0 Å². The first kappa shape index (κ1) is 19.9. The zero-order valence-corrected chi connectivity index (χ0v) is 16.1. The number of aromatic hydroxyl groups is 1. The summed E-state index contributed by atoms with van der Waals surface area (Å²) in [5.74, 6) is -3.14. The molecule has 31 heavy (non-hydrogen) atoms. The van der Waals surface area contributed by atoms with Gasteiger partial charge in [-0.3, -0.25) is 14.5 Å². The molecule has 0 spiro atoms. The highest BCUT2D eigenvalue weighted by atomic mass is 16.4. The molecule has 1 aliphatic rings. The Labute approximate surface area is 177 Å². The summed E-state index contributed by atoms with van der Waals surface area (Å²) in [7, 11) is 0. The number of phenolic OH excluding ortho intramolecular Hbond substituents is 1. The van der Waals surface area contributed by atoms with Gasteiger partial charge in [0.2, 0.25) is 0 Å². The van der Waals surface area contributed by atoms with Gasteiger partial charge in [-0.25, -0.2) is 4.79 Å². The van der Waals surface area contributed by atoms with E-state index in [1.54, 1.807) is 30.3 Å².